The number of thiazole rings is 1. The van der Waals surface area contributed by atoms with Crippen LogP contribution in [0.1, 0.15) is 5.56 Å². The number of anilines is 1. The first-order valence-corrected chi connectivity index (χ1v) is 10.8. The molecule has 4 aromatic rings. The third-order valence-corrected chi connectivity index (χ3v) is 7.07. The Morgan fingerprint density at radius 2 is 1.78 bits per heavy atom. The number of benzene rings is 2. The van der Waals surface area contributed by atoms with Crippen LogP contribution in [0.25, 0.3) is 10.9 Å². The Morgan fingerprint density at radius 1 is 0.963 bits per heavy atom. The van der Waals surface area contributed by atoms with Crippen molar-refractivity contribution < 1.29 is 8.42 Å². The summed E-state index contributed by atoms with van der Waals surface area (Å²) >= 11 is 7.54. The summed E-state index contributed by atoms with van der Waals surface area (Å²) in [6.07, 6.45) is 3.26. The van der Waals surface area contributed by atoms with Gasteiger partial charge in [0.25, 0.3) is 10.0 Å². The monoisotopic (exact) mass is 415 g/mol. The summed E-state index contributed by atoms with van der Waals surface area (Å²) in [4.78, 5) is 8.84. The second-order valence-corrected chi connectivity index (χ2v) is 8.89. The van der Waals surface area contributed by atoms with E-state index in [0.717, 1.165) is 10.9 Å². The molecular formula is C19H14ClN3O2S2. The van der Waals surface area contributed by atoms with Gasteiger partial charge in [-0.05, 0) is 35.9 Å². The molecule has 5 nitrogen and oxygen atoms in total. The maximum atomic E-state index is 13.3. The zero-order chi connectivity index (χ0) is 18.9. The molecule has 0 aliphatic carbocycles. The molecule has 8 heteroatoms. The second-order valence-electron chi connectivity index (χ2n) is 5.75. The molecule has 2 heterocycles. The summed E-state index contributed by atoms with van der Waals surface area (Å²) in [6, 6.07) is 15.6. The number of nitrogens with zero attached hydrogens (tertiary/aromatic N) is 3. The number of halogens is 1. The molecule has 0 bridgehead atoms. The highest BCUT2D eigenvalue weighted by molar-refractivity contribution is 7.93. The highest BCUT2D eigenvalue weighted by Crippen LogP contribution is 2.31. The van der Waals surface area contributed by atoms with Crippen molar-refractivity contribution >= 4 is 49.0 Å². The number of hydrogen-bond donors (Lipinski definition) is 0. The van der Waals surface area contributed by atoms with Crippen LogP contribution in [0.4, 0.5) is 5.13 Å². The fourth-order valence-electron chi connectivity index (χ4n) is 2.79. The van der Waals surface area contributed by atoms with E-state index in [4.69, 9.17) is 11.6 Å². The Kier molecular flexibility index (Phi) is 4.82. The molecule has 0 saturated carbocycles. The molecule has 0 fully saturated rings. The minimum Gasteiger partial charge on any atom is -0.256 e. The largest absolute Gasteiger partial charge is 0.266 e. The third kappa shape index (κ3) is 3.41. The average Bonchev–Trinajstić information content (AvgIpc) is 3.22. The van der Waals surface area contributed by atoms with Gasteiger partial charge in [-0.15, -0.1) is 11.3 Å². The number of fused-ring (bicyclic) bond motifs is 1. The standard InChI is InChI=1S/C19H14ClN3O2S2/c20-17-9-8-14(18-16(17)7-4-10-21-18)13-23(19-22-11-12-26-19)27(24,25)15-5-2-1-3-6-15/h1-12H,13H2. The lowest BCUT2D eigenvalue weighted by Gasteiger charge is -2.22. The molecule has 136 valence electrons. The van der Waals surface area contributed by atoms with Gasteiger partial charge in [-0.2, -0.15) is 0 Å². The molecule has 4 rings (SSSR count). The van der Waals surface area contributed by atoms with Crippen molar-refractivity contribution in [3.63, 3.8) is 0 Å². The number of hydrogen-bond acceptors (Lipinski definition) is 5. The van der Waals surface area contributed by atoms with Crippen molar-refractivity contribution in [3.05, 3.63) is 83.0 Å². The van der Waals surface area contributed by atoms with Crippen LogP contribution in [-0.2, 0) is 16.6 Å². The molecule has 0 aliphatic heterocycles. The first-order chi connectivity index (χ1) is 13.1. The number of aromatic nitrogens is 2. The zero-order valence-electron chi connectivity index (χ0n) is 14.0. The molecule has 0 aliphatic rings. The molecule has 2 aromatic carbocycles. The van der Waals surface area contributed by atoms with Gasteiger partial charge >= 0.3 is 0 Å². The molecule has 0 radical (unpaired) electrons. The molecule has 0 spiro atoms. The Balaban J connectivity index is 1.84. The summed E-state index contributed by atoms with van der Waals surface area (Å²) in [7, 11) is -3.78. The summed E-state index contributed by atoms with van der Waals surface area (Å²) in [5, 5.41) is 3.51. The molecule has 2 aromatic heterocycles. The normalized spacial score (nSPS) is 11.6. The van der Waals surface area contributed by atoms with E-state index in [1.54, 1.807) is 66.3 Å². The lowest BCUT2D eigenvalue weighted by Crippen LogP contribution is -2.30. The molecule has 0 unspecified atom stereocenters. The lowest BCUT2D eigenvalue weighted by molar-refractivity contribution is 0.590. The SMILES string of the molecule is O=S(=O)(c1ccccc1)N(Cc1ccc(Cl)c2cccnc12)c1nccs1. The van der Waals surface area contributed by atoms with Gasteiger partial charge in [-0.25, -0.2) is 17.7 Å². The summed E-state index contributed by atoms with van der Waals surface area (Å²) in [6.45, 7) is 0.107. The fraction of sp³-hybridized carbons (Fsp3) is 0.0526. The molecule has 0 amide bonds. The van der Waals surface area contributed by atoms with E-state index in [1.165, 1.54) is 15.6 Å². The van der Waals surface area contributed by atoms with Gasteiger partial charge in [-0.1, -0.05) is 35.9 Å². The van der Waals surface area contributed by atoms with Crippen molar-refractivity contribution in [1.82, 2.24) is 9.97 Å². The molecule has 0 saturated heterocycles. The van der Waals surface area contributed by atoms with Crippen molar-refractivity contribution in [2.45, 2.75) is 11.4 Å². The van der Waals surface area contributed by atoms with Crippen LogP contribution in [-0.4, -0.2) is 18.4 Å². The highest BCUT2D eigenvalue weighted by Gasteiger charge is 2.27. The van der Waals surface area contributed by atoms with E-state index < -0.39 is 10.0 Å². The van der Waals surface area contributed by atoms with E-state index in [1.807, 2.05) is 6.07 Å². The zero-order valence-corrected chi connectivity index (χ0v) is 16.4. The lowest BCUT2D eigenvalue weighted by atomic mass is 10.1. The first-order valence-electron chi connectivity index (χ1n) is 8.07. The minimum absolute atomic E-state index is 0.107. The Morgan fingerprint density at radius 3 is 2.52 bits per heavy atom. The predicted molar refractivity (Wildman–Crippen MR) is 109 cm³/mol. The van der Waals surface area contributed by atoms with Gasteiger partial charge in [0.1, 0.15) is 0 Å². The van der Waals surface area contributed by atoms with Crippen molar-refractivity contribution in [3.8, 4) is 0 Å². The van der Waals surface area contributed by atoms with Gasteiger partial charge < -0.3 is 0 Å². The van der Waals surface area contributed by atoms with Gasteiger partial charge in [0.2, 0.25) is 0 Å². The predicted octanol–water partition coefficient (Wildman–Crippen LogP) is 4.74. The Hall–Kier alpha value is -2.48. The maximum Gasteiger partial charge on any atom is 0.266 e. The summed E-state index contributed by atoms with van der Waals surface area (Å²) in [5.74, 6) is 0. The van der Waals surface area contributed by atoms with Crippen LogP contribution in [0, 0.1) is 0 Å². The number of rotatable bonds is 5. The summed E-state index contributed by atoms with van der Waals surface area (Å²) < 4.78 is 27.9. The van der Waals surface area contributed by atoms with Crippen LogP contribution >= 0.6 is 22.9 Å². The highest BCUT2D eigenvalue weighted by atomic mass is 35.5. The van der Waals surface area contributed by atoms with E-state index >= 15 is 0 Å². The first kappa shape index (κ1) is 17.9. The fourth-order valence-corrected chi connectivity index (χ4v) is 5.30. The average molecular weight is 416 g/mol. The smallest absolute Gasteiger partial charge is 0.256 e. The third-order valence-electron chi connectivity index (χ3n) is 4.08. The molecular weight excluding hydrogens is 402 g/mol. The summed E-state index contributed by atoms with van der Waals surface area (Å²) in [5.41, 5.74) is 1.43. The number of pyridine rings is 1. The molecule has 0 N–H and O–H groups in total. The van der Waals surface area contributed by atoms with Crippen LogP contribution < -0.4 is 4.31 Å². The van der Waals surface area contributed by atoms with Crippen LogP contribution in [0.3, 0.4) is 0 Å². The van der Waals surface area contributed by atoms with Crippen molar-refractivity contribution in [1.29, 1.82) is 0 Å². The quantitative estimate of drug-likeness (QED) is 0.472. The Bertz CT molecular complexity index is 1180. The Labute approximate surface area is 165 Å². The number of sulfonamides is 1. The maximum absolute atomic E-state index is 13.3. The van der Waals surface area contributed by atoms with Crippen molar-refractivity contribution in [2.24, 2.45) is 0 Å². The van der Waals surface area contributed by atoms with Crippen molar-refractivity contribution in [2.75, 3.05) is 4.31 Å². The van der Waals surface area contributed by atoms with Gasteiger partial charge in [0, 0.05) is 28.2 Å². The van der Waals surface area contributed by atoms with E-state index in [2.05, 4.69) is 9.97 Å². The van der Waals surface area contributed by atoms with E-state index in [9.17, 15) is 8.42 Å². The molecule has 27 heavy (non-hydrogen) atoms. The van der Waals surface area contributed by atoms with Crippen LogP contribution in [0.5, 0.6) is 0 Å². The van der Waals surface area contributed by atoms with Gasteiger partial charge in [0.05, 0.1) is 17.0 Å². The van der Waals surface area contributed by atoms with E-state index in [0.29, 0.717) is 15.7 Å². The van der Waals surface area contributed by atoms with Crippen LogP contribution in [0.2, 0.25) is 5.02 Å². The second kappa shape index (κ2) is 7.26. The van der Waals surface area contributed by atoms with Gasteiger partial charge in [-0.3, -0.25) is 4.98 Å². The minimum atomic E-state index is -3.78. The topological polar surface area (TPSA) is 63.2 Å². The van der Waals surface area contributed by atoms with E-state index in [-0.39, 0.29) is 11.4 Å². The van der Waals surface area contributed by atoms with Crippen LogP contribution in [0.15, 0.2) is 77.3 Å². The van der Waals surface area contributed by atoms with Gasteiger partial charge in [0.15, 0.2) is 5.13 Å². The molecule has 0 atom stereocenters.